The summed E-state index contributed by atoms with van der Waals surface area (Å²) in [7, 11) is -2.25. The third-order valence-electron chi connectivity index (χ3n) is 5.02. The van der Waals surface area contributed by atoms with Crippen LogP contribution in [0.25, 0.3) is 0 Å². The standard InChI is InChI=1S/C20H25N3O3S.ClH/c1-22(17-9-3-2-4-10-17)27(25,26)19-12-7-8-16(14-19)20(24)23-13-6-5-11-18(23)15-21;/h2-4,7-10,12,14,18H,5-6,11,13,15,21H2,1H3;1H. The number of carbonyl (C=O) groups excluding carboxylic acids is 1. The average Bonchev–Trinajstić information content (AvgIpc) is 2.73. The molecule has 1 heterocycles. The minimum absolute atomic E-state index is 0. The number of likely N-dealkylation sites (tertiary alicyclic amines) is 1. The van der Waals surface area contributed by atoms with Gasteiger partial charge in [-0.05, 0) is 49.6 Å². The van der Waals surface area contributed by atoms with Gasteiger partial charge in [-0.15, -0.1) is 12.4 Å². The molecule has 0 radical (unpaired) electrons. The number of amides is 1. The fourth-order valence-electron chi connectivity index (χ4n) is 3.40. The van der Waals surface area contributed by atoms with Crippen LogP contribution < -0.4 is 10.0 Å². The molecule has 1 aliphatic heterocycles. The molecule has 6 nitrogen and oxygen atoms in total. The van der Waals surface area contributed by atoms with Gasteiger partial charge in [0.1, 0.15) is 0 Å². The van der Waals surface area contributed by atoms with Crippen LogP contribution in [0, 0.1) is 0 Å². The van der Waals surface area contributed by atoms with Crippen LogP contribution >= 0.6 is 12.4 Å². The number of rotatable bonds is 5. The number of hydrogen-bond acceptors (Lipinski definition) is 4. The highest BCUT2D eigenvalue weighted by atomic mass is 35.5. The Morgan fingerprint density at radius 2 is 1.86 bits per heavy atom. The number of nitrogens with two attached hydrogens (primary N) is 1. The second-order valence-electron chi connectivity index (χ2n) is 6.72. The zero-order valence-electron chi connectivity index (χ0n) is 15.8. The van der Waals surface area contributed by atoms with E-state index in [1.165, 1.54) is 23.5 Å². The number of piperidine rings is 1. The van der Waals surface area contributed by atoms with E-state index in [9.17, 15) is 13.2 Å². The number of halogens is 1. The Morgan fingerprint density at radius 3 is 2.54 bits per heavy atom. The largest absolute Gasteiger partial charge is 0.334 e. The van der Waals surface area contributed by atoms with E-state index in [-0.39, 0.29) is 29.3 Å². The van der Waals surface area contributed by atoms with Crippen molar-refractivity contribution >= 4 is 34.0 Å². The number of benzene rings is 2. The molecule has 2 aromatic carbocycles. The molecule has 1 amide bonds. The number of para-hydroxylation sites is 1. The summed E-state index contributed by atoms with van der Waals surface area (Å²) in [6.45, 7) is 1.07. The molecule has 0 bridgehead atoms. The number of nitrogens with zero attached hydrogens (tertiary/aromatic N) is 2. The van der Waals surface area contributed by atoms with Gasteiger partial charge in [0.2, 0.25) is 0 Å². The van der Waals surface area contributed by atoms with Gasteiger partial charge >= 0.3 is 0 Å². The fourth-order valence-corrected chi connectivity index (χ4v) is 4.65. The van der Waals surface area contributed by atoms with E-state index < -0.39 is 10.0 Å². The molecule has 3 rings (SSSR count). The highest BCUT2D eigenvalue weighted by Gasteiger charge is 2.28. The lowest BCUT2D eigenvalue weighted by atomic mass is 10.0. The molecule has 1 unspecified atom stereocenters. The first kappa shape index (κ1) is 22.2. The Bertz CT molecular complexity index is 906. The molecule has 152 valence electrons. The van der Waals surface area contributed by atoms with Crippen LogP contribution in [-0.2, 0) is 10.0 Å². The summed E-state index contributed by atoms with van der Waals surface area (Å²) in [4.78, 5) is 14.8. The predicted octanol–water partition coefficient (Wildman–Crippen LogP) is 2.89. The van der Waals surface area contributed by atoms with E-state index in [1.54, 1.807) is 41.3 Å². The number of carbonyl (C=O) groups is 1. The number of sulfonamides is 1. The lowest BCUT2D eigenvalue weighted by molar-refractivity contribution is 0.0623. The zero-order valence-corrected chi connectivity index (χ0v) is 17.5. The summed E-state index contributed by atoms with van der Waals surface area (Å²) in [6.07, 6.45) is 2.88. The van der Waals surface area contributed by atoms with Gasteiger partial charge < -0.3 is 10.6 Å². The van der Waals surface area contributed by atoms with Gasteiger partial charge in [0.15, 0.2) is 0 Å². The molecule has 28 heavy (non-hydrogen) atoms. The van der Waals surface area contributed by atoms with E-state index in [0.717, 1.165) is 19.3 Å². The monoisotopic (exact) mass is 423 g/mol. The molecule has 1 saturated heterocycles. The SMILES string of the molecule is CN(c1ccccc1)S(=O)(=O)c1cccc(C(=O)N2CCCCC2CN)c1.Cl. The molecular weight excluding hydrogens is 398 g/mol. The molecule has 1 aliphatic rings. The third-order valence-corrected chi connectivity index (χ3v) is 6.80. The molecule has 0 saturated carbocycles. The summed E-state index contributed by atoms with van der Waals surface area (Å²) in [5.41, 5.74) is 6.75. The van der Waals surface area contributed by atoms with Crippen LogP contribution in [0.5, 0.6) is 0 Å². The molecule has 1 atom stereocenters. The van der Waals surface area contributed by atoms with E-state index in [0.29, 0.717) is 24.3 Å². The molecule has 0 aromatic heterocycles. The summed E-state index contributed by atoms with van der Waals surface area (Å²) in [5, 5.41) is 0. The zero-order chi connectivity index (χ0) is 19.4. The first-order chi connectivity index (χ1) is 12.9. The molecule has 0 spiro atoms. The van der Waals surface area contributed by atoms with Gasteiger partial charge in [0.05, 0.1) is 10.6 Å². The highest BCUT2D eigenvalue weighted by molar-refractivity contribution is 7.92. The minimum Gasteiger partial charge on any atom is -0.334 e. The molecule has 1 fully saturated rings. The summed E-state index contributed by atoms with van der Waals surface area (Å²) in [5.74, 6) is -0.162. The highest BCUT2D eigenvalue weighted by Crippen LogP contribution is 2.24. The van der Waals surface area contributed by atoms with Crippen molar-refractivity contribution in [1.82, 2.24) is 4.90 Å². The lowest BCUT2D eigenvalue weighted by Gasteiger charge is -2.35. The second kappa shape index (κ2) is 9.41. The van der Waals surface area contributed by atoms with E-state index in [1.807, 2.05) is 6.07 Å². The maximum Gasteiger partial charge on any atom is 0.264 e. The van der Waals surface area contributed by atoms with Crippen molar-refractivity contribution in [1.29, 1.82) is 0 Å². The van der Waals surface area contributed by atoms with Crippen LogP contribution in [0.15, 0.2) is 59.5 Å². The average molecular weight is 424 g/mol. The quantitative estimate of drug-likeness (QED) is 0.801. The lowest BCUT2D eigenvalue weighted by Crippen LogP contribution is -2.47. The van der Waals surface area contributed by atoms with Crippen LogP contribution in [0.1, 0.15) is 29.6 Å². The van der Waals surface area contributed by atoms with Gasteiger partial charge in [0, 0.05) is 31.7 Å². The van der Waals surface area contributed by atoms with Crippen LogP contribution in [0.2, 0.25) is 0 Å². The number of anilines is 1. The molecule has 8 heteroatoms. The van der Waals surface area contributed by atoms with Crippen LogP contribution in [0.3, 0.4) is 0 Å². The van der Waals surface area contributed by atoms with Crippen LogP contribution in [-0.4, -0.2) is 45.4 Å². The van der Waals surface area contributed by atoms with Crippen molar-refractivity contribution < 1.29 is 13.2 Å². The maximum absolute atomic E-state index is 13.0. The summed E-state index contributed by atoms with van der Waals surface area (Å²) in [6, 6.07) is 15.1. The summed E-state index contributed by atoms with van der Waals surface area (Å²) < 4.78 is 27.2. The van der Waals surface area contributed by atoms with Crippen molar-refractivity contribution in [2.45, 2.75) is 30.2 Å². The van der Waals surface area contributed by atoms with Crippen molar-refractivity contribution in [2.24, 2.45) is 5.73 Å². The summed E-state index contributed by atoms with van der Waals surface area (Å²) >= 11 is 0. The Labute approximate surface area is 172 Å². The first-order valence-corrected chi connectivity index (χ1v) is 10.5. The van der Waals surface area contributed by atoms with Crippen molar-refractivity contribution in [3.05, 3.63) is 60.2 Å². The predicted molar refractivity (Wildman–Crippen MR) is 113 cm³/mol. The Kier molecular flexibility index (Phi) is 7.46. The van der Waals surface area contributed by atoms with Gasteiger partial charge in [-0.25, -0.2) is 8.42 Å². The molecular formula is C20H26ClN3O3S. The maximum atomic E-state index is 13.0. The first-order valence-electron chi connectivity index (χ1n) is 9.10. The van der Waals surface area contributed by atoms with Gasteiger partial charge in [-0.2, -0.15) is 0 Å². The second-order valence-corrected chi connectivity index (χ2v) is 8.69. The Hall–Kier alpha value is -2.09. The molecule has 2 N–H and O–H groups in total. The van der Waals surface area contributed by atoms with E-state index in [2.05, 4.69) is 0 Å². The van der Waals surface area contributed by atoms with Gasteiger partial charge in [-0.3, -0.25) is 9.10 Å². The van der Waals surface area contributed by atoms with E-state index >= 15 is 0 Å². The normalized spacial score (nSPS) is 16.9. The van der Waals surface area contributed by atoms with Crippen molar-refractivity contribution in [2.75, 3.05) is 24.4 Å². The van der Waals surface area contributed by atoms with Crippen LogP contribution in [0.4, 0.5) is 5.69 Å². The van der Waals surface area contributed by atoms with Gasteiger partial charge in [0.25, 0.3) is 15.9 Å². The number of hydrogen-bond donors (Lipinski definition) is 1. The Morgan fingerprint density at radius 1 is 1.14 bits per heavy atom. The van der Waals surface area contributed by atoms with E-state index in [4.69, 9.17) is 5.73 Å². The Balaban J connectivity index is 0.00000280. The smallest absolute Gasteiger partial charge is 0.264 e. The fraction of sp³-hybridized carbons (Fsp3) is 0.350. The molecule has 0 aliphatic carbocycles. The van der Waals surface area contributed by atoms with Crippen molar-refractivity contribution in [3.63, 3.8) is 0 Å². The van der Waals surface area contributed by atoms with Crippen molar-refractivity contribution in [3.8, 4) is 0 Å². The molecule has 2 aromatic rings. The van der Waals surface area contributed by atoms with Gasteiger partial charge in [-0.1, -0.05) is 24.3 Å². The third kappa shape index (κ3) is 4.48. The minimum atomic E-state index is -3.76. The topological polar surface area (TPSA) is 83.7 Å².